The molecule has 0 amide bonds. The van der Waals surface area contributed by atoms with E-state index < -0.39 is 11.9 Å². The van der Waals surface area contributed by atoms with Crippen molar-refractivity contribution in [2.45, 2.75) is 31.2 Å². The van der Waals surface area contributed by atoms with E-state index in [9.17, 15) is 0 Å². The van der Waals surface area contributed by atoms with Gasteiger partial charge in [-0.15, -0.1) is 11.8 Å². The first kappa shape index (κ1) is 20.9. The summed E-state index contributed by atoms with van der Waals surface area (Å²) in [6.07, 6.45) is 3.60. The van der Waals surface area contributed by atoms with E-state index in [2.05, 4.69) is 42.6 Å². The molecule has 136 valence electrons. The van der Waals surface area contributed by atoms with Gasteiger partial charge in [0.1, 0.15) is 0 Å². The zero-order valence-corrected chi connectivity index (χ0v) is 15.3. The molecule has 0 unspecified atom stereocenters. The number of thioether (sulfide) groups is 1. The van der Waals surface area contributed by atoms with Gasteiger partial charge in [-0.3, -0.25) is 0 Å². The number of pyridine rings is 1. The fourth-order valence-electron chi connectivity index (χ4n) is 2.06. The predicted octanol–water partition coefficient (Wildman–Crippen LogP) is 3.04. The number of carboxylic acid groups (broad SMARTS) is 2. The van der Waals surface area contributed by atoms with E-state index in [4.69, 9.17) is 24.8 Å². The summed E-state index contributed by atoms with van der Waals surface area (Å²) in [6.45, 7) is 3.26. The summed E-state index contributed by atoms with van der Waals surface area (Å²) in [7, 11) is 1.99. The van der Waals surface area contributed by atoms with Gasteiger partial charge >= 0.3 is 11.9 Å². The molecular weight excluding hydrogens is 340 g/mol. The smallest absolute Gasteiger partial charge is 0.414 e. The molecule has 0 fully saturated rings. The third kappa shape index (κ3) is 7.53. The van der Waals surface area contributed by atoms with E-state index in [0.717, 1.165) is 24.2 Å². The van der Waals surface area contributed by atoms with Crippen LogP contribution in [0.25, 0.3) is 10.9 Å². The van der Waals surface area contributed by atoms with Gasteiger partial charge in [-0.25, -0.2) is 14.6 Å². The van der Waals surface area contributed by atoms with Gasteiger partial charge in [0.05, 0.1) is 10.5 Å². The number of carboxylic acids is 2. The average molecular weight is 364 g/mol. The molecule has 25 heavy (non-hydrogen) atoms. The molecule has 3 N–H and O–H groups in total. The third-order valence-electron chi connectivity index (χ3n) is 3.34. The maximum Gasteiger partial charge on any atom is 0.414 e. The third-order valence-corrected chi connectivity index (χ3v) is 4.37. The zero-order chi connectivity index (χ0) is 18.7. The zero-order valence-electron chi connectivity index (χ0n) is 14.5. The number of hydrogen-bond donors (Lipinski definition) is 3. The fourth-order valence-corrected chi connectivity index (χ4v) is 3.07. The molecule has 1 aromatic heterocycles. The minimum absolute atomic E-state index is 1.02. The highest BCUT2D eigenvalue weighted by atomic mass is 32.2. The van der Waals surface area contributed by atoms with Crippen molar-refractivity contribution in [1.29, 1.82) is 0 Å². The van der Waals surface area contributed by atoms with Gasteiger partial charge in [-0.05, 0) is 37.6 Å². The maximum atomic E-state index is 9.10. The lowest BCUT2D eigenvalue weighted by atomic mass is 10.1. The van der Waals surface area contributed by atoms with E-state index in [1.54, 1.807) is 0 Å². The van der Waals surface area contributed by atoms with Crippen molar-refractivity contribution in [3.05, 3.63) is 35.9 Å². The molecule has 1 aromatic carbocycles. The van der Waals surface area contributed by atoms with E-state index in [1.807, 2.05) is 18.8 Å². The second kappa shape index (κ2) is 11.4. The number of benzene rings is 1. The van der Waals surface area contributed by atoms with Crippen LogP contribution in [0.4, 0.5) is 0 Å². The van der Waals surface area contributed by atoms with Crippen LogP contribution < -0.4 is 5.32 Å². The summed E-state index contributed by atoms with van der Waals surface area (Å²) in [5.74, 6) is -2.58. The Hall–Kier alpha value is -2.12. The predicted molar refractivity (Wildman–Crippen MR) is 100 cm³/mol. The van der Waals surface area contributed by atoms with Crippen molar-refractivity contribution >= 4 is 34.6 Å². The lowest BCUT2D eigenvalue weighted by molar-refractivity contribution is -0.159. The highest BCUT2D eigenvalue weighted by molar-refractivity contribution is 7.99. The number of aliphatic carboxylic acids is 2. The summed E-state index contributed by atoms with van der Waals surface area (Å²) in [5, 5.41) is 20.4. The molecule has 0 aliphatic carbocycles. The van der Waals surface area contributed by atoms with E-state index in [1.165, 1.54) is 28.8 Å². The first-order valence-electron chi connectivity index (χ1n) is 8.11. The number of rotatable bonds is 7. The number of nitrogens with one attached hydrogen (secondary N) is 1. The lowest BCUT2D eigenvalue weighted by Crippen LogP contribution is -2.10. The van der Waals surface area contributed by atoms with Gasteiger partial charge in [-0.2, -0.15) is 0 Å². The van der Waals surface area contributed by atoms with Gasteiger partial charge in [-0.1, -0.05) is 31.5 Å². The van der Waals surface area contributed by atoms with Crippen molar-refractivity contribution in [3.8, 4) is 0 Å². The first-order chi connectivity index (χ1) is 12.0. The standard InChI is InChI=1S/C16H22N2S.C2H2O4/c1-3-4-7-14-12-13-8-5-6-9-15(13)18-16(14)19-11-10-17-2;3-1(4)2(5)6/h5-6,8-9,12,17H,3-4,7,10-11H2,1-2H3;(H,3,4)(H,5,6). The number of carbonyl (C=O) groups is 2. The molecule has 0 aliphatic heterocycles. The summed E-state index contributed by atoms with van der Waals surface area (Å²) < 4.78 is 0. The molecule has 2 aromatic rings. The normalized spacial score (nSPS) is 10.2. The first-order valence-corrected chi connectivity index (χ1v) is 9.10. The van der Waals surface area contributed by atoms with Gasteiger partial charge < -0.3 is 15.5 Å². The molecule has 1 heterocycles. The molecule has 0 atom stereocenters. The molecule has 0 spiro atoms. The molecule has 7 heteroatoms. The highest BCUT2D eigenvalue weighted by Gasteiger charge is 2.07. The minimum atomic E-state index is -1.82. The molecular formula is C18H24N2O4S. The van der Waals surface area contributed by atoms with E-state index in [0.29, 0.717) is 0 Å². The number of aromatic nitrogens is 1. The van der Waals surface area contributed by atoms with Gasteiger partial charge in [0, 0.05) is 17.7 Å². The van der Waals surface area contributed by atoms with Gasteiger partial charge in [0.25, 0.3) is 0 Å². The number of aryl methyl sites for hydroxylation is 1. The van der Waals surface area contributed by atoms with Crippen LogP contribution in [-0.4, -0.2) is 46.5 Å². The largest absolute Gasteiger partial charge is 0.473 e. The van der Waals surface area contributed by atoms with Crippen LogP contribution >= 0.6 is 11.8 Å². The highest BCUT2D eigenvalue weighted by Crippen LogP contribution is 2.26. The Bertz CT molecular complexity index is 695. The summed E-state index contributed by atoms with van der Waals surface area (Å²) in [5.41, 5.74) is 2.51. The van der Waals surface area contributed by atoms with E-state index >= 15 is 0 Å². The topological polar surface area (TPSA) is 99.5 Å². The quantitative estimate of drug-likeness (QED) is 0.394. The average Bonchev–Trinajstić information content (AvgIpc) is 2.60. The van der Waals surface area contributed by atoms with Gasteiger partial charge in [0.15, 0.2) is 0 Å². The molecule has 0 saturated heterocycles. The number of unbranched alkanes of at least 4 members (excludes halogenated alkanes) is 1. The maximum absolute atomic E-state index is 9.10. The van der Waals surface area contributed by atoms with Crippen molar-refractivity contribution in [3.63, 3.8) is 0 Å². The number of para-hydroxylation sites is 1. The van der Waals surface area contributed by atoms with Crippen LogP contribution in [0, 0.1) is 0 Å². The van der Waals surface area contributed by atoms with Crippen LogP contribution in [0.5, 0.6) is 0 Å². The molecule has 0 aliphatic rings. The molecule has 2 rings (SSSR count). The Morgan fingerprint density at radius 1 is 1.20 bits per heavy atom. The van der Waals surface area contributed by atoms with Crippen LogP contribution in [0.2, 0.25) is 0 Å². The summed E-state index contributed by atoms with van der Waals surface area (Å²) >= 11 is 1.86. The Labute approximate surface area is 151 Å². The Kier molecular flexibility index (Phi) is 9.57. The van der Waals surface area contributed by atoms with Crippen molar-refractivity contribution in [2.75, 3.05) is 19.3 Å². The number of hydrogen-bond acceptors (Lipinski definition) is 5. The number of nitrogens with zero attached hydrogens (tertiary/aromatic N) is 1. The monoisotopic (exact) mass is 364 g/mol. The Morgan fingerprint density at radius 3 is 2.48 bits per heavy atom. The summed E-state index contributed by atoms with van der Waals surface area (Å²) in [4.78, 5) is 23.0. The number of fused-ring (bicyclic) bond motifs is 1. The van der Waals surface area contributed by atoms with Crippen molar-refractivity contribution < 1.29 is 19.8 Å². The second-order valence-electron chi connectivity index (χ2n) is 5.31. The van der Waals surface area contributed by atoms with Crippen molar-refractivity contribution in [2.24, 2.45) is 0 Å². The fraction of sp³-hybridized carbons (Fsp3) is 0.389. The van der Waals surface area contributed by atoms with E-state index in [-0.39, 0.29) is 0 Å². The Balaban J connectivity index is 0.000000450. The second-order valence-corrected chi connectivity index (χ2v) is 6.39. The van der Waals surface area contributed by atoms with Crippen LogP contribution in [0.1, 0.15) is 25.3 Å². The Morgan fingerprint density at radius 2 is 1.88 bits per heavy atom. The lowest BCUT2D eigenvalue weighted by Gasteiger charge is -2.10. The summed E-state index contributed by atoms with van der Waals surface area (Å²) in [6, 6.07) is 10.7. The molecule has 0 saturated carbocycles. The van der Waals surface area contributed by atoms with Gasteiger partial charge in [0.2, 0.25) is 0 Å². The molecule has 0 bridgehead atoms. The molecule has 6 nitrogen and oxygen atoms in total. The van der Waals surface area contributed by atoms with Crippen LogP contribution in [0.15, 0.2) is 35.4 Å². The van der Waals surface area contributed by atoms with Crippen LogP contribution in [0.3, 0.4) is 0 Å². The minimum Gasteiger partial charge on any atom is -0.473 e. The van der Waals surface area contributed by atoms with Crippen molar-refractivity contribution in [1.82, 2.24) is 10.3 Å². The SMILES string of the molecule is CCCCc1cc2ccccc2nc1SCCNC.O=C(O)C(=O)O. The molecule has 0 radical (unpaired) electrons. The van der Waals surface area contributed by atoms with Crippen LogP contribution in [-0.2, 0) is 16.0 Å².